The molecule has 0 saturated carbocycles. The van der Waals surface area contributed by atoms with Gasteiger partial charge in [0.1, 0.15) is 0 Å². The molecule has 0 unspecified atom stereocenters. The minimum Gasteiger partial charge on any atom is -0.382 e. The third-order valence-corrected chi connectivity index (χ3v) is 2.94. The molecule has 0 aromatic rings. The van der Waals surface area contributed by atoms with E-state index in [0.29, 0.717) is 25.9 Å². The molecule has 1 aliphatic rings. The van der Waals surface area contributed by atoms with Crippen molar-refractivity contribution >= 4 is 0 Å². The van der Waals surface area contributed by atoms with E-state index in [0.717, 1.165) is 26.1 Å². The maximum Gasteiger partial charge on any atom is 0.0821 e. The number of nitrogens with zero attached hydrogens (tertiary/aromatic N) is 1. The summed E-state index contributed by atoms with van der Waals surface area (Å²) in [6.45, 7) is 9.42. The Morgan fingerprint density at radius 3 is 2.81 bits per heavy atom. The highest BCUT2D eigenvalue weighted by Crippen LogP contribution is 2.09. The zero-order chi connectivity index (χ0) is 11.8. The van der Waals surface area contributed by atoms with Crippen LogP contribution in [0.2, 0.25) is 0 Å². The van der Waals surface area contributed by atoms with E-state index in [4.69, 9.17) is 14.2 Å². The topological polar surface area (TPSA) is 30.9 Å². The predicted octanol–water partition coefficient (Wildman–Crippen LogP) is 1.15. The first-order valence-electron chi connectivity index (χ1n) is 6.16. The molecule has 0 aromatic heterocycles. The standard InChI is InChI=1S/C12H25NO3/c1-11(2)13-5-4-12(16-7-6-13)10-15-9-8-14-3/h11-12H,4-10H2,1-3H3/t12-/m1/s1. The van der Waals surface area contributed by atoms with Gasteiger partial charge in [0.15, 0.2) is 0 Å². The normalized spacial score (nSPS) is 23.6. The van der Waals surface area contributed by atoms with Crippen molar-refractivity contribution in [1.29, 1.82) is 0 Å². The van der Waals surface area contributed by atoms with Gasteiger partial charge in [-0.05, 0) is 20.3 Å². The highest BCUT2D eigenvalue weighted by atomic mass is 16.5. The van der Waals surface area contributed by atoms with Crippen molar-refractivity contribution in [3.8, 4) is 0 Å². The van der Waals surface area contributed by atoms with Crippen LogP contribution in [0, 0.1) is 0 Å². The van der Waals surface area contributed by atoms with Crippen LogP contribution >= 0.6 is 0 Å². The first kappa shape index (κ1) is 13.9. The Morgan fingerprint density at radius 1 is 1.31 bits per heavy atom. The molecule has 96 valence electrons. The summed E-state index contributed by atoms with van der Waals surface area (Å²) < 4.78 is 16.2. The summed E-state index contributed by atoms with van der Waals surface area (Å²) in [6.07, 6.45) is 1.31. The average Bonchev–Trinajstić information content (AvgIpc) is 2.50. The van der Waals surface area contributed by atoms with Crippen LogP contribution in [0.15, 0.2) is 0 Å². The van der Waals surface area contributed by atoms with Crippen molar-refractivity contribution in [2.45, 2.75) is 32.4 Å². The van der Waals surface area contributed by atoms with E-state index in [-0.39, 0.29) is 6.10 Å². The monoisotopic (exact) mass is 231 g/mol. The fourth-order valence-electron chi connectivity index (χ4n) is 1.85. The van der Waals surface area contributed by atoms with Crippen LogP contribution in [0.25, 0.3) is 0 Å². The van der Waals surface area contributed by atoms with Gasteiger partial charge in [-0.1, -0.05) is 0 Å². The van der Waals surface area contributed by atoms with Crippen molar-refractivity contribution in [2.75, 3.05) is 46.6 Å². The van der Waals surface area contributed by atoms with Crippen LogP contribution in [0.4, 0.5) is 0 Å². The van der Waals surface area contributed by atoms with E-state index in [9.17, 15) is 0 Å². The Kier molecular flexibility index (Phi) is 6.96. The first-order chi connectivity index (χ1) is 7.74. The maximum atomic E-state index is 5.76. The third kappa shape index (κ3) is 5.25. The molecule has 0 spiro atoms. The van der Waals surface area contributed by atoms with Crippen LogP contribution in [0.3, 0.4) is 0 Å². The van der Waals surface area contributed by atoms with Gasteiger partial charge < -0.3 is 14.2 Å². The number of hydrogen-bond acceptors (Lipinski definition) is 4. The summed E-state index contributed by atoms with van der Waals surface area (Å²) >= 11 is 0. The van der Waals surface area contributed by atoms with Crippen LogP contribution in [-0.4, -0.2) is 63.7 Å². The number of methoxy groups -OCH3 is 1. The molecule has 0 aliphatic carbocycles. The lowest BCUT2D eigenvalue weighted by Crippen LogP contribution is -2.33. The van der Waals surface area contributed by atoms with Gasteiger partial charge in [0.05, 0.1) is 32.5 Å². The molecule has 0 aromatic carbocycles. The largest absolute Gasteiger partial charge is 0.382 e. The Bertz CT molecular complexity index is 176. The highest BCUT2D eigenvalue weighted by Gasteiger charge is 2.18. The molecular formula is C12H25NO3. The van der Waals surface area contributed by atoms with Gasteiger partial charge in [-0.15, -0.1) is 0 Å². The average molecular weight is 231 g/mol. The molecule has 16 heavy (non-hydrogen) atoms. The van der Waals surface area contributed by atoms with Crippen LogP contribution in [0.5, 0.6) is 0 Å². The number of rotatable bonds is 6. The first-order valence-corrected chi connectivity index (χ1v) is 6.16. The zero-order valence-electron chi connectivity index (χ0n) is 10.8. The molecule has 4 nitrogen and oxygen atoms in total. The molecule has 0 bridgehead atoms. The number of hydrogen-bond donors (Lipinski definition) is 0. The van der Waals surface area contributed by atoms with Gasteiger partial charge in [-0.3, -0.25) is 4.90 Å². The second kappa shape index (κ2) is 8.01. The molecule has 0 amide bonds. The molecule has 1 aliphatic heterocycles. The lowest BCUT2D eigenvalue weighted by molar-refractivity contribution is -0.0221. The lowest BCUT2D eigenvalue weighted by Gasteiger charge is -2.23. The van der Waals surface area contributed by atoms with E-state index in [1.807, 2.05) is 0 Å². The minimum absolute atomic E-state index is 0.251. The molecular weight excluding hydrogens is 206 g/mol. The third-order valence-electron chi connectivity index (χ3n) is 2.94. The molecule has 1 heterocycles. The summed E-state index contributed by atoms with van der Waals surface area (Å²) in [4.78, 5) is 2.45. The number of ether oxygens (including phenoxy) is 3. The quantitative estimate of drug-likeness (QED) is 0.642. The summed E-state index contributed by atoms with van der Waals surface area (Å²) in [5.41, 5.74) is 0. The predicted molar refractivity (Wildman–Crippen MR) is 63.8 cm³/mol. The molecule has 0 N–H and O–H groups in total. The van der Waals surface area contributed by atoms with Crippen molar-refractivity contribution < 1.29 is 14.2 Å². The smallest absolute Gasteiger partial charge is 0.0821 e. The zero-order valence-corrected chi connectivity index (χ0v) is 10.8. The molecule has 0 radical (unpaired) electrons. The van der Waals surface area contributed by atoms with Gasteiger partial charge in [-0.2, -0.15) is 0 Å². The van der Waals surface area contributed by atoms with Gasteiger partial charge in [0.2, 0.25) is 0 Å². The van der Waals surface area contributed by atoms with Gasteiger partial charge in [0.25, 0.3) is 0 Å². The van der Waals surface area contributed by atoms with Crippen LogP contribution in [-0.2, 0) is 14.2 Å². The SMILES string of the molecule is COCCOC[C@H]1CCN(C(C)C)CCO1. The Morgan fingerprint density at radius 2 is 2.12 bits per heavy atom. The summed E-state index contributed by atoms with van der Waals surface area (Å²) in [7, 11) is 1.69. The second-order valence-electron chi connectivity index (χ2n) is 4.48. The Balaban J connectivity index is 2.15. The van der Waals surface area contributed by atoms with Crippen molar-refractivity contribution in [3.05, 3.63) is 0 Å². The van der Waals surface area contributed by atoms with Gasteiger partial charge >= 0.3 is 0 Å². The van der Waals surface area contributed by atoms with E-state index in [1.165, 1.54) is 0 Å². The van der Waals surface area contributed by atoms with E-state index < -0.39 is 0 Å². The fraction of sp³-hybridized carbons (Fsp3) is 1.00. The van der Waals surface area contributed by atoms with Crippen molar-refractivity contribution in [2.24, 2.45) is 0 Å². The highest BCUT2D eigenvalue weighted by molar-refractivity contribution is 4.70. The molecule has 1 rings (SSSR count). The summed E-state index contributed by atoms with van der Waals surface area (Å²) in [5, 5.41) is 0. The lowest BCUT2D eigenvalue weighted by atomic mass is 10.2. The van der Waals surface area contributed by atoms with Crippen LogP contribution < -0.4 is 0 Å². The maximum absolute atomic E-state index is 5.76. The Hall–Kier alpha value is -0.160. The van der Waals surface area contributed by atoms with Gasteiger partial charge in [-0.25, -0.2) is 0 Å². The summed E-state index contributed by atoms with van der Waals surface area (Å²) in [6, 6.07) is 0.608. The molecule has 4 heteroatoms. The molecule has 1 fully saturated rings. The van der Waals surface area contributed by atoms with Crippen LogP contribution in [0.1, 0.15) is 20.3 Å². The minimum atomic E-state index is 0.251. The van der Waals surface area contributed by atoms with E-state index in [2.05, 4.69) is 18.7 Å². The fourth-order valence-corrected chi connectivity index (χ4v) is 1.85. The molecule has 1 atom stereocenters. The van der Waals surface area contributed by atoms with E-state index in [1.54, 1.807) is 7.11 Å². The van der Waals surface area contributed by atoms with Gasteiger partial charge in [0, 0.05) is 26.2 Å². The Labute approximate surface area is 98.8 Å². The van der Waals surface area contributed by atoms with E-state index >= 15 is 0 Å². The van der Waals surface area contributed by atoms with Crippen molar-refractivity contribution in [1.82, 2.24) is 4.90 Å². The molecule has 1 saturated heterocycles. The second-order valence-corrected chi connectivity index (χ2v) is 4.48. The summed E-state index contributed by atoms with van der Waals surface area (Å²) in [5.74, 6) is 0. The van der Waals surface area contributed by atoms with Crippen molar-refractivity contribution in [3.63, 3.8) is 0 Å².